The van der Waals surface area contributed by atoms with Crippen LogP contribution in [-0.2, 0) is 17.6 Å². The number of aliphatic hydroxyl groups is 1. The fraction of sp³-hybridized carbons (Fsp3) is 0.435. The van der Waals surface area contributed by atoms with Crippen LogP contribution in [0.4, 0.5) is 4.79 Å². The number of rotatable bonds is 9. The summed E-state index contributed by atoms with van der Waals surface area (Å²) in [5, 5.41) is 16.8. The van der Waals surface area contributed by atoms with Gasteiger partial charge < -0.3 is 20.5 Å². The van der Waals surface area contributed by atoms with Gasteiger partial charge in [-0.25, -0.2) is 4.79 Å². The van der Waals surface area contributed by atoms with Crippen molar-refractivity contribution in [3.63, 3.8) is 0 Å². The van der Waals surface area contributed by atoms with Crippen LogP contribution in [0, 0.1) is 0 Å². The molecule has 28 heavy (non-hydrogen) atoms. The maximum absolute atomic E-state index is 12.2. The molecule has 5 nitrogen and oxygen atoms in total. The first-order chi connectivity index (χ1) is 13.3. The fourth-order valence-electron chi connectivity index (χ4n) is 2.88. The van der Waals surface area contributed by atoms with Crippen molar-refractivity contribution in [3.8, 4) is 0 Å². The van der Waals surface area contributed by atoms with Crippen molar-refractivity contribution >= 4 is 6.09 Å². The number of alkyl carbamates (subject to hydrolysis) is 1. The van der Waals surface area contributed by atoms with E-state index in [2.05, 4.69) is 22.8 Å². The quantitative estimate of drug-likeness (QED) is 0.580. The first-order valence-electron chi connectivity index (χ1n) is 9.79. The Kier molecular flexibility index (Phi) is 8.48. The molecule has 0 radical (unpaired) electrons. The molecule has 0 spiro atoms. The number of benzene rings is 2. The average molecular weight is 385 g/mol. The second kappa shape index (κ2) is 10.8. The monoisotopic (exact) mass is 384 g/mol. The van der Waals surface area contributed by atoms with Gasteiger partial charge in [-0.3, -0.25) is 0 Å². The minimum absolute atomic E-state index is 0.389. The van der Waals surface area contributed by atoms with E-state index in [1.165, 1.54) is 5.56 Å². The molecule has 0 fully saturated rings. The standard InChI is InChI=1S/C23H32N2O3/c1-23(2,3)28-22(27)25-20(16-19-12-8-5-9-13-19)21(26)17-24-15-14-18-10-6-4-7-11-18/h4-13,20-21,24,26H,14-17H2,1-3H3,(H,25,27)/t20-,21+/m0/s1. The van der Waals surface area contributed by atoms with E-state index in [1.54, 1.807) is 0 Å². The molecule has 0 aliphatic carbocycles. The first-order valence-corrected chi connectivity index (χ1v) is 9.79. The lowest BCUT2D eigenvalue weighted by atomic mass is 10.0. The van der Waals surface area contributed by atoms with E-state index in [0.29, 0.717) is 13.0 Å². The van der Waals surface area contributed by atoms with Crippen LogP contribution in [0.1, 0.15) is 31.9 Å². The number of aliphatic hydroxyl groups excluding tert-OH is 1. The van der Waals surface area contributed by atoms with Gasteiger partial charge in [-0.2, -0.15) is 0 Å². The predicted octanol–water partition coefficient (Wildman–Crippen LogP) is 3.32. The molecule has 0 saturated heterocycles. The summed E-state index contributed by atoms with van der Waals surface area (Å²) in [6.07, 6.45) is 0.165. The molecule has 2 atom stereocenters. The highest BCUT2D eigenvalue weighted by Gasteiger charge is 2.24. The smallest absolute Gasteiger partial charge is 0.407 e. The van der Waals surface area contributed by atoms with Gasteiger partial charge in [0.05, 0.1) is 12.1 Å². The minimum atomic E-state index is -0.733. The number of nitrogens with one attached hydrogen (secondary N) is 2. The lowest BCUT2D eigenvalue weighted by molar-refractivity contribution is 0.0423. The molecule has 2 aromatic carbocycles. The van der Waals surface area contributed by atoms with E-state index in [0.717, 1.165) is 18.5 Å². The molecule has 0 aromatic heterocycles. The van der Waals surface area contributed by atoms with E-state index in [9.17, 15) is 9.90 Å². The van der Waals surface area contributed by atoms with E-state index in [-0.39, 0.29) is 0 Å². The zero-order valence-electron chi connectivity index (χ0n) is 17.0. The number of carbonyl (C=O) groups excluding carboxylic acids is 1. The van der Waals surface area contributed by atoms with Crippen LogP contribution in [0.25, 0.3) is 0 Å². The number of carbonyl (C=O) groups is 1. The lowest BCUT2D eigenvalue weighted by Crippen LogP contribution is -2.50. The van der Waals surface area contributed by atoms with E-state index < -0.39 is 23.8 Å². The van der Waals surface area contributed by atoms with Crippen LogP contribution in [0.15, 0.2) is 60.7 Å². The summed E-state index contributed by atoms with van der Waals surface area (Å²) < 4.78 is 5.36. The molecule has 0 unspecified atom stereocenters. The van der Waals surface area contributed by atoms with Crippen molar-refractivity contribution in [1.82, 2.24) is 10.6 Å². The van der Waals surface area contributed by atoms with Gasteiger partial charge in [0.1, 0.15) is 5.60 Å². The van der Waals surface area contributed by atoms with E-state index >= 15 is 0 Å². The van der Waals surface area contributed by atoms with Crippen LogP contribution in [-0.4, -0.2) is 42.0 Å². The Balaban J connectivity index is 1.89. The van der Waals surface area contributed by atoms with Crippen LogP contribution >= 0.6 is 0 Å². The third-order valence-electron chi connectivity index (χ3n) is 4.25. The topological polar surface area (TPSA) is 70.6 Å². The van der Waals surface area contributed by atoms with Gasteiger partial charge in [-0.15, -0.1) is 0 Å². The molecule has 152 valence electrons. The van der Waals surface area contributed by atoms with Crippen LogP contribution in [0.3, 0.4) is 0 Å². The van der Waals surface area contributed by atoms with Crippen molar-refractivity contribution in [2.24, 2.45) is 0 Å². The van der Waals surface area contributed by atoms with Gasteiger partial charge in [-0.1, -0.05) is 60.7 Å². The van der Waals surface area contributed by atoms with Gasteiger partial charge in [0, 0.05) is 6.54 Å². The zero-order chi connectivity index (χ0) is 20.4. The van der Waals surface area contributed by atoms with Crippen molar-refractivity contribution in [2.45, 2.75) is 51.4 Å². The Hall–Kier alpha value is -2.37. The molecular weight excluding hydrogens is 352 g/mol. The number of hydrogen-bond donors (Lipinski definition) is 3. The van der Waals surface area contributed by atoms with Crippen LogP contribution in [0.5, 0.6) is 0 Å². The molecule has 1 amide bonds. The second-order valence-electron chi connectivity index (χ2n) is 7.95. The van der Waals surface area contributed by atoms with Crippen molar-refractivity contribution in [1.29, 1.82) is 0 Å². The Morgan fingerprint density at radius 2 is 1.57 bits per heavy atom. The van der Waals surface area contributed by atoms with E-state index in [4.69, 9.17) is 4.74 Å². The average Bonchev–Trinajstić information content (AvgIpc) is 2.65. The first kappa shape index (κ1) is 21.9. The molecular formula is C23H32N2O3. The Labute approximate surface area is 168 Å². The highest BCUT2D eigenvalue weighted by atomic mass is 16.6. The number of amides is 1. The van der Waals surface area contributed by atoms with Crippen molar-refractivity contribution in [3.05, 3.63) is 71.8 Å². The number of ether oxygens (including phenoxy) is 1. The third-order valence-corrected chi connectivity index (χ3v) is 4.25. The molecule has 0 aliphatic heterocycles. The molecule has 0 bridgehead atoms. The highest BCUT2D eigenvalue weighted by molar-refractivity contribution is 5.68. The molecule has 3 N–H and O–H groups in total. The molecule has 0 saturated carbocycles. The second-order valence-corrected chi connectivity index (χ2v) is 7.95. The van der Waals surface area contributed by atoms with Gasteiger partial charge in [-0.05, 0) is 51.3 Å². The molecule has 2 aromatic rings. The van der Waals surface area contributed by atoms with Crippen LogP contribution < -0.4 is 10.6 Å². The third kappa shape index (κ3) is 8.55. The summed E-state index contributed by atoms with van der Waals surface area (Å²) in [6, 6.07) is 19.6. The van der Waals surface area contributed by atoms with Crippen molar-refractivity contribution < 1.29 is 14.6 Å². The van der Waals surface area contributed by atoms with Crippen molar-refractivity contribution in [2.75, 3.05) is 13.1 Å². The minimum Gasteiger partial charge on any atom is -0.444 e. The molecule has 5 heteroatoms. The highest BCUT2D eigenvalue weighted by Crippen LogP contribution is 2.10. The summed E-state index contributed by atoms with van der Waals surface area (Å²) in [5.41, 5.74) is 1.71. The Bertz CT molecular complexity index is 699. The lowest BCUT2D eigenvalue weighted by Gasteiger charge is -2.27. The van der Waals surface area contributed by atoms with Crippen LogP contribution in [0.2, 0.25) is 0 Å². The zero-order valence-corrected chi connectivity index (χ0v) is 17.0. The maximum Gasteiger partial charge on any atom is 0.407 e. The van der Waals surface area contributed by atoms with Gasteiger partial charge in [0.25, 0.3) is 0 Å². The largest absolute Gasteiger partial charge is 0.444 e. The summed E-state index contributed by atoms with van der Waals surface area (Å²) in [7, 11) is 0. The van der Waals surface area contributed by atoms with Gasteiger partial charge in [0.15, 0.2) is 0 Å². The maximum atomic E-state index is 12.2. The molecule has 0 heterocycles. The normalized spacial score (nSPS) is 13.6. The van der Waals surface area contributed by atoms with E-state index in [1.807, 2.05) is 69.3 Å². The van der Waals surface area contributed by atoms with Gasteiger partial charge in [0.2, 0.25) is 0 Å². The van der Waals surface area contributed by atoms with Gasteiger partial charge >= 0.3 is 6.09 Å². The Morgan fingerprint density at radius 1 is 1.00 bits per heavy atom. The Morgan fingerprint density at radius 3 is 2.14 bits per heavy atom. The fourth-order valence-corrected chi connectivity index (χ4v) is 2.88. The number of hydrogen-bond acceptors (Lipinski definition) is 4. The SMILES string of the molecule is CC(C)(C)OC(=O)N[C@@H](Cc1ccccc1)[C@H](O)CNCCc1ccccc1. The summed E-state index contributed by atoms with van der Waals surface area (Å²) in [4.78, 5) is 12.2. The molecule has 0 aliphatic rings. The summed E-state index contributed by atoms with van der Waals surface area (Å²) >= 11 is 0. The summed E-state index contributed by atoms with van der Waals surface area (Å²) in [6.45, 7) is 6.60. The predicted molar refractivity (Wildman–Crippen MR) is 112 cm³/mol. The molecule has 2 rings (SSSR count). The summed E-state index contributed by atoms with van der Waals surface area (Å²) in [5.74, 6) is 0.